The van der Waals surface area contributed by atoms with Gasteiger partial charge in [-0.1, -0.05) is 0 Å². The van der Waals surface area contributed by atoms with Gasteiger partial charge in [-0.25, -0.2) is 0 Å². The van der Waals surface area contributed by atoms with Gasteiger partial charge in [-0.15, -0.1) is 0 Å². The van der Waals surface area contributed by atoms with Crippen molar-refractivity contribution in [3.8, 4) is 0 Å². The van der Waals surface area contributed by atoms with Gasteiger partial charge in [-0.3, -0.25) is 14.8 Å². The van der Waals surface area contributed by atoms with Crippen LogP contribution < -0.4 is 5.32 Å². The summed E-state index contributed by atoms with van der Waals surface area (Å²) < 4.78 is 4.53. The summed E-state index contributed by atoms with van der Waals surface area (Å²) in [6, 6.07) is 0.0864. The van der Waals surface area contributed by atoms with Crippen LogP contribution in [0.2, 0.25) is 0 Å². The molecule has 0 aromatic carbocycles. The minimum atomic E-state index is -0.214. The molecule has 1 rings (SSSR count). The highest BCUT2D eigenvalue weighted by molar-refractivity contribution is 5.69. The van der Waals surface area contributed by atoms with Crippen LogP contribution in [0.5, 0.6) is 0 Å². The number of rotatable bonds is 5. The lowest BCUT2D eigenvalue weighted by molar-refractivity contribution is -0.140. The third-order valence-corrected chi connectivity index (χ3v) is 2.03. The number of carbonyl (C=O) groups excluding carboxylic acids is 1. The maximum Gasteiger partial charge on any atom is 0.306 e. The van der Waals surface area contributed by atoms with Crippen LogP contribution in [-0.4, -0.2) is 29.6 Å². The molecule has 1 aromatic heterocycles. The quantitative estimate of drug-likeness (QED) is 0.723. The van der Waals surface area contributed by atoms with E-state index in [1.807, 2.05) is 6.92 Å². The molecule has 15 heavy (non-hydrogen) atoms. The lowest BCUT2D eigenvalue weighted by Gasteiger charge is -2.11. The van der Waals surface area contributed by atoms with Crippen LogP contribution in [0, 0.1) is 0 Å². The van der Waals surface area contributed by atoms with Crippen LogP contribution in [0.4, 0.5) is 0 Å². The zero-order chi connectivity index (χ0) is 11.1. The smallest absolute Gasteiger partial charge is 0.306 e. The molecule has 0 aliphatic heterocycles. The van der Waals surface area contributed by atoms with E-state index >= 15 is 0 Å². The molecule has 0 bridgehead atoms. The third-order valence-electron chi connectivity index (χ3n) is 2.03. The van der Waals surface area contributed by atoms with E-state index in [4.69, 9.17) is 0 Å². The van der Waals surface area contributed by atoms with Gasteiger partial charge in [-0.2, -0.15) is 0 Å². The zero-order valence-corrected chi connectivity index (χ0v) is 8.93. The normalized spacial score (nSPS) is 12.1. The number of esters is 1. The first-order valence-electron chi connectivity index (χ1n) is 4.80. The molecule has 1 N–H and O–H groups in total. The van der Waals surface area contributed by atoms with E-state index in [9.17, 15) is 4.79 Å². The van der Waals surface area contributed by atoms with Crippen LogP contribution >= 0.6 is 0 Å². The van der Waals surface area contributed by atoms with Crippen LogP contribution in [0.25, 0.3) is 0 Å². The Labute approximate surface area is 88.9 Å². The summed E-state index contributed by atoms with van der Waals surface area (Å²) in [4.78, 5) is 19.0. The molecule has 1 unspecified atom stereocenters. The molecule has 5 heteroatoms. The van der Waals surface area contributed by atoms with E-state index in [0.29, 0.717) is 13.0 Å². The molecular weight excluding hydrogens is 194 g/mol. The molecule has 0 fully saturated rings. The average molecular weight is 209 g/mol. The Kier molecular flexibility index (Phi) is 4.70. The van der Waals surface area contributed by atoms with E-state index < -0.39 is 0 Å². The Hall–Kier alpha value is -1.49. The highest BCUT2D eigenvalue weighted by atomic mass is 16.5. The van der Waals surface area contributed by atoms with Gasteiger partial charge >= 0.3 is 5.97 Å². The van der Waals surface area contributed by atoms with Gasteiger partial charge < -0.3 is 10.1 Å². The fourth-order valence-corrected chi connectivity index (χ4v) is 1.13. The van der Waals surface area contributed by atoms with Crippen LogP contribution in [0.15, 0.2) is 18.6 Å². The number of carbonyl (C=O) groups is 1. The van der Waals surface area contributed by atoms with Crippen molar-refractivity contribution in [2.45, 2.75) is 19.4 Å². The van der Waals surface area contributed by atoms with E-state index in [-0.39, 0.29) is 12.0 Å². The molecule has 0 amide bonds. The highest BCUT2D eigenvalue weighted by Gasteiger charge is 2.06. The minimum absolute atomic E-state index is 0.0864. The predicted molar refractivity (Wildman–Crippen MR) is 55.1 cm³/mol. The molecule has 5 nitrogen and oxygen atoms in total. The number of nitrogens with zero attached hydrogens (tertiary/aromatic N) is 2. The van der Waals surface area contributed by atoms with Crippen molar-refractivity contribution in [2.24, 2.45) is 0 Å². The second-order valence-corrected chi connectivity index (χ2v) is 3.13. The van der Waals surface area contributed by atoms with Crippen LogP contribution in [-0.2, 0) is 9.53 Å². The van der Waals surface area contributed by atoms with E-state index in [1.165, 1.54) is 7.11 Å². The standard InChI is InChI=1S/C10H15N3O2/c1-8(9-7-11-5-6-13-9)12-4-3-10(14)15-2/h5-8,12H,3-4H2,1-2H3. The second-order valence-electron chi connectivity index (χ2n) is 3.13. The number of methoxy groups -OCH3 is 1. The highest BCUT2D eigenvalue weighted by Crippen LogP contribution is 2.05. The lowest BCUT2D eigenvalue weighted by atomic mass is 10.2. The largest absolute Gasteiger partial charge is 0.469 e. The van der Waals surface area contributed by atoms with E-state index in [2.05, 4.69) is 20.0 Å². The van der Waals surface area contributed by atoms with Gasteiger partial charge in [0.15, 0.2) is 0 Å². The summed E-state index contributed by atoms with van der Waals surface area (Å²) in [6.45, 7) is 2.55. The number of aromatic nitrogens is 2. The minimum Gasteiger partial charge on any atom is -0.469 e. The van der Waals surface area contributed by atoms with Crippen molar-refractivity contribution in [1.29, 1.82) is 0 Å². The summed E-state index contributed by atoms with van der Waals surface area (Å²) in [7, 11) is 1.38. The fraction of sp³-hybridized carbons (Fsp3) is 0.500. The second kappa shape index (κ2) is 6.08. The molecule has 0 radical (unpaired) electrons. The average Bonchev–Trinajstić information content (AvgIpc) is 2.29. The first-order valence-corrected chi connectivity index (χ1v) is 4.80. The molecule has 0 spiro atoms. The lowest BCUT2D eigenvalue weighted by Crippen LogP contribution is -2.23. The Morgan fingerprint density at radius 1 is 1.60 bits per heavy atom. The van der Waals surface area contributed by atoms with Crippen LogP contribution in [0.1, 0.15) is 25.1 Å². The SMILES string of the molecule is COC(=O)CCNC(C)c1cnccn1. The first kappa shape index (κ1) is 11.6. The molecule has 0 saturated carbocycles. The van der Waals surface area contributed by atoms with Gasteiger partial charge in [0.2, 0.25) is 0 Å². The zero-order valence-electron chi connectivity index (χ0n) is 8.93. The molecule has 0 aliphatic rings. The third kappa shape index (κ3) is 4.03. The van der Waals surface area contributed by atoms with Gasteiger partial charge in [0.1, 0.15) is 0 Å². The van der Waals surface area contributed by atoms with Gasteiger partial charge in [0.05, 0.1) is 19.2 Å². The summed E-state index contributed by atoms with van der Waals surface area (Å²) in [5.41, 5.74) is 0.863. The van der Waals surface area contributed by atoms with E-state index in [0.717, 1.165) is 5.69 Å². The monoisotopic (exact) mass is 209 g/mol. The topological polar surface area (TPSA) is 64.1 Å². The van der Waals surface area contributed by atoms with Crippen molar-refractivity contribution in [2.75, 3.05) is 13.7 Å². The molecular formula is C10H15N3O2. The number of nitrogens with one attached hydrogen (secondary N) is 1. The molecule has 82 valence electrons. The summed E-state index contributed by atoms with van der Waals surface area (Å²) >= 11 is 0. The summed E-state index contributed by atoms with van der Waals surface area (Å²) in [5, 5.41) is 3.16. The van der Waals surface area contributed by atoms with Crippen LogP contribution in [0.3, 0.4) is 0 Å². The number of ether oxygens (including phenoxy) is 1. The molecule has 1 atom stereocenters. The fourth-order valence-electron chi connectivity index (χ4n) is 1.13. The Bertz CT molecular complexity index is 303. The van der Waals surface area contributed by atoms with Crippen molar-refractivity contribution >= 4 is 5.97 Å². The maximum atomic E-state index is 10.8. The molecule has 1 aromatic rings. The molecule has 0 aliphatic carbocycles. The van der Waals surface area contributed by atoms with Gasteiger partial charge in [-0.05, 0) is 6.92 Å². The van der Waals surface area contributed by atoms with Gasteiger partial charge in [0.25, 0.3) is 0 Å². The first-order chi connectivity index (χ1) is 7.24. The maximum absolute atomic E-state index is 10.8. The Morgan fingerprint density at radius 3 is 3.00 bits per heavy atom. The summed E-state index contributed by atoms with van der Waals surface area (Å²) in [5.74, 6) is -0.214. The van der Waals surface area contributed by atoms with E-state index in [1.54, 1.807) is 18.6 Å². The molecule has 0 saturated heterocycles. The van der Waals surface area contributed by atoms with Crippen molar-refractivity contribution in [1.82, 2.24) is 15.3 Å². The number of hydrogen-bond donors (Lipinski definition) is 1. The summed E-state index contributed by atoms with van der Waals surface area (Å²) in [6.07, 6.45) is 5.34. The van der Waals surface area contributed by atoms with Crippen molar-refractivity contribution < 1.29 is 9.53 Å². The predicted octanol–water partition coefficient (Wildman–Crippen LogP) is 0.690. The van der Waals surface area contributed by atoms with Crippen molar-refractivity contribution in [3.05, 3.63) is 24.3 Å². The Morgan fingerprint density at radius 2 is 2.40 bits per heavy atom. The molecule has 1 heterocycles. The van der Waals surface area contributed by atoms with Crippen molar-refractivity contribution in [3.63, 3.8) is 0 Å². The number of hydrogen-bond acceptors (Lipinski definition) is 5. The van der Waals surface area contributed by atoms with Gasteiger partial charge in [0, 0.05) is 31.2 Å². The Balaban J connectivity index is 2.31.